The number of hydrogen-bond donors (Lipinski definition) is 2. The van der Waals surface area contributed by atoms with Crippen molar-refractivity contribution in [2.24, 2.45) is 0 Å². The second-order valence-corrected chi connectivity index (χ2v) is 5.75. The molecule has 0 saturated heterocycles. The van der Waals surface area contributed by atoms with Crippen LogP contribution in [0.15, 0.2) is 60.7 Å². The molecule has 0 aliphatic carbocycles. The molecule has 1 aromatic heterocycles. The van der Waals surface area contributed by atoms with Gasteiger partial charge in [0, 0.05) is 16.8 Å². The van der Waals surface area contributed by atoms with E-state index in [1.54, 1.807) is 61.7 Å². The molecule has 0 fully saturated rings. The van der Waals surface area contributed by atoms with Gasteiger partial charge in [0.15, 0.2) is 17.4 Å². The van der Waals surface area contributed by atoms with Crippen molar-refractivity contribution in [3.8, 4) is 5.75 Å². The molecule has 2 aromatic carbocycles. The average Bonchev–Trinajstić information content (AvgIpc) is 2.69. The summed E-state index contributed by atoms with van der Waals surface area (Å²) in [5, 5.41) is 13.8. The van der Waals surface area contributed by atoms with Crippen molar-refractivity contribution in [3.05, 3.63) is 71.8 Å². The smallest absolute Gasteiger partial charge is 0.256 e. The summed E-state index contributed by atoms with van der Waals surface area (Å²) in [4.78, 5) is 23.7. The van der Waals surface area contributed by atoms with E-state index in [0.717, 1.165) is 5.69 Å². The van der Waals surface area contributed by atoms with E-state index in [2.05, 4.69) is 20.8 Å². The summed E-state index contributed by atoms with van der Waals surface area (Å²) >= 11 is 0. The summed E-state index contributed by atoms with van der Waals surface area (Å²) in [6.45, 7) is 1.51. The zero-order valence-corrected chi connectivity index (χ0v) is 14.9. The lowest BCUT2D eigenvalue weighted by molar-refractivity contribution is 0.101. The zero-order chi connectivity index (χ0) is 19.2. The summed E-state index contributed by atoms with van der Waals surface area (Å²) in [6.07, 6.45) is 0. The molecule has 3 rings (SSSR count). The Balaban J connectivity index is 1.67. The highest BCUT2D eigenvalue weighted by Crippen LogP contribution is 2.18. The molecule has 0 radical (unpaired) electrons. The largest absolute Gasteiger partial charge is 0.497 e. The van der Waals surface area contributed by atoms with Gasteiger partial charge in [-0.2, -0.15) is 0 Å². The van der Waals surface area contributed by atoms with Crippen LogP contribution < -0.4 is 15.4 Å². The number of methoxy groups -OCH3 is 1. The van der Waals surface area contributed by atoms with E-state index in [0.29, 0.717) is 28.5 Å². The number of aromatic nitrogens is 2. The van der Waals surface area contributed by atoms with E-state index in [1.165, 1.54) is 6.92 Å². The quantitative estimate of drug-likeness (QED) is 0.650. The van der Waals surface area contributed by atoms with Crippen molar-refractivity contribution >= 4 is 29.0 Å². The van der Waals surface area contributed by atoms with Gasteiger partial charge in [-0.05, 0) is 49.4 Å². The number of carbonyl (C=O) groups excluding carboxylic acids is 2. The van der Waals surface area contributed by atoms with Crippen LogP contribution in [0.5, 0.6) is 5.75 Å². The van der Waals surface area contributed by atoms with Crippen LogP contribution in [0.3, 0.4) is 0 Å². The first-order valence-corrected chi connectivity index (χ1v) is 8.22. The number of Topliss-reactive ketones (excluding diaryl/α,β-unsaturated/α-hetero) is 1. The SMILES string of the molecule is COc1cccc(C(=O)Nc2ccc(Nc3cccc(C(C)=O)c3)nn2)c1. The van der Waals surface area contributed by atoms with E-state index in [4.69, 9.17) is 4.74 Å². The first kappa shape index (κ1) is 18.1. The Morgan fingerprint density at radius 1 is 0.889 bits per heavy atom. The fourth-order valence-electron chi connectivity index (χ4n) is 2.38. The number of rotatable bonds is 6. The summed E-state index contributed by atoms with van der Waals surface area (Å²) in [5.74, 6) is 1.10. The molecule has 3 aromatic rings. The van der Waals surface area contributed by atoms with Gasteiger partial charge >= 0.3 is 0 Å². The number of benzene rings is 2. The van der Waals surface area contributed by atoms with Gasteiger partial charge in [-0.3, -0.25) is 9.59 Å². The number of nitrogens with one attached hydrogen (secondary N) is 2. The highest BCUT2D eigenvalue weighted by molar-refractivity contribution is 6.04. The van der Waals surface area contributed by atoms with Gasteiger partial charge in [0.1, 0.15) is 5.75 Å². The third-order valence-electron chi connectivity index (χ3n) is 3.78. The highest BCUT2D eigenvalue weighted by atomic mass is 16.5. The van der Waals surface area contributed by atoms with Crippen LogP contribution >= 0.6 is 0 Å². The topological polar surface area (TPSA) is 93.2 Å². The molecular formula is C20H18N4O3. The van der Waals surface area contributed by atoms with Crippen LogP contribution in [0.2, 0.25) is 0 Å². The van der Waals surface area contributed by atoms with Crippen LogP contribution in [-0.4, -0.2) is 29.0 Å². The van der Waals surface area contributed by atoms with Crippen molar-refractivity contribution in [3.63, 3.8) is 0 Å². The van der Waals surface area contributed by atoms with Crippen molar-refractivity contribution in [1.82, 2.24) is 10.2 Å². The molecule has 0 unspecified atom stereocenters. The standard InChI is InChI=1S/C20H18N4O3/c1-13(25)14-5-3-7-16(11-14)21-18-9-10-19(24-23-18)22-20(26)15-6-4-8-17(12-15)27-2/h3-12H,1-2H3,(H,21,23)(H,22,24,26). The van der Waals surface area contributed by atoms with Gasteiger partial charge in [0.05, 0.1) is 7.11 Å². The third-order valence-corrected chi connectivity index (χ3v) is 3.78. The molecule has 0 aliphatic rings. The summed E-state index contributed by atoms with van der Waals surface area (Å²) in [5.41, 5.74) is 1.79. The number of ketones is 1. The average molecular weight is 362 g/mol. The predicted octanol–water partition coefficient (Wildman–Crippen LogP) is 3.68. The second kappa shape index (κ2) is 8.09. The van der Waals surface area contributed by atoms with Gasteiger partial charge in [0.2, 0.25) is 0 Å². The van der Waals surface area contributed by atoms with E-state index in [1.807, 2.05) is 6.07 Å². The van der Waals surface area contributed by atoms with Crippen LogP contribution in [0.1, 0.15) is 27.6 Å². The molecule has 7 nitrogen and oxygen atoms in total. The lowest BCUT2D eigenvalue weighted by Crippen LogP contribution is -2.13. The van der Waals surface area contributed by atoms with Crippen LogP contribution in [0, 0.1) is 0 Å². The maximum atomic E-state index is 12.3. The number of amides is 1. The lowest BCUT2D eigenvalue weighted by Gasteiger charge is -2.08. The third kappa shape index (κ3) is 4.66. The van der Waals surface area contributed by atoms with Crippen molar-refractivity contribution in [2.45, 2.75) is 6.92 Å². The Morgan fingerprint density at radius 2 is 1.59 bits per heavy atom. The predicted molar refractivity (Wildman–Crippen MR) is 103 cm³/mol. The first-order chi connectivity index (χ1) is 13.0. The van der Waals surface area contributed by atoms with Gasteiger partial charge in [-0.1, -0.05) is 18.2 Å². The Kier molecular flexibility index (Phi) is 5.41. The van der Waals surface area contributed by atoms with Crippen LogP contribution in [0.4, 0.5) is 17.3 Å². The molecule has 1 heterocycles. The molecule has 1 amide bonds. The Morgan fingerprint density at radius 3 is 2.30 bits per heavy atom. The van der Waals surface area contributed by atoms with Crippen molar-refractivity contribution < 1.29 is 14.3 Å². The first-order valence-electron chi connectivity index (χ1n) is 8.22. The minimum absolute atomic E-state index is 0.0136. The fraction of sp³-hybridized carbons (Fsp3) is 0.100. The normalized spacial score (nSPS) is 10.1. The Hall–Kier alpha value is -3.74. The number of hydrogen-bond acceptors (Lipinski definition) is 6. The summed E-state index contributed by atoms with van der Waals surface area (Å²) < 4.78 is 5.11. The molecule has 0 atom stereocenters. The molecule has 0 bridgehead atoms. The van der Waals surface area contributed by atoms with E-state index in [-0.39, 0.29) is 11.7 Å². The minimum Gasteiger partial charge on any atom is -0.497 e. The highest BCUT2D eigenvalue weighted by Gasteiger charge is 2.09. The second-order valence-electron chi connectivity index (χ2n) is 5.75. The zero-order valence-electron chi connectivity index (χ0n) is 14.9. The van der Waals surface area contributed by atoms with Gasteiger partial charge in [-0.15, -0.1) is 10.2 Å². The maximum Gasteiger partial charge on any atom is 0.256 e. The number of carbonyl (C=O) groups is 2. The number of ether oxygens (including phenoxy) is 1. The summed E-state index contributed by atoms with van der Waals surface area (Å²) in [7, 11) is 1.54. The molecule has 7 heteroatoms. The lowest BCUT2D eigenvalue weighted by atomic mass is 10.1. The van der Waals surface area contributed by atoms with E-state index in [9.17, 15) is 9.59 Å². The minimum atomic E-state index is -0.307. The van der Waals surface area contributed by atoms with Crippen molar-refractivity contribution in [1.29, 1.82) is 0 Å². The monoisotopic (exact) mass is 362 g/mol. The van der Waals surface area contributed by atoms with Crippen molar-refractivity contribution in [2.75, 3.05) is 17.7 Å². The molecule has 136 valence electrons. The number of nitrogens with zero attached hydrogens (tertiary/aromatic N) is 2. The van der Waals surface area contributed by atoms with Gasteiger partial charge in [-0.25, -0.2) is 0 Å². The van der Waals surface area contributed by atoms with E-state index < -0.39 is 0 Å². The van der Waals surface area contributed by atoms with Crippen LogP contribution in [0.25, 0.3) is 0 Å². The molecule has 0 aliphatic heterocycles. The van der Waals surface area contributed by atoms with Gasteiger partial charge in [0.25, 0.3) is 5.91 Å². The Labute approximate surface area is 156 Å². The van der Waals surface area contributed by atoms with E-state index >= 15 is 0 Å². The molecular weight excluding hydrogens is 344 g/mol. The Bertz CT molecular complexity index is 971. The maximum absolute atomic E-state index is 12.3. The molecule has 0 saturated carbocycles. The molecule has 0 spiro atoms. The fourth-order valence-corrected chi connectivity index (χ4v) is 2.38. The summed E-state index contributed by atoms with van der Waals surface area (Å²) in [6, 6.07) is 17.3. The molecule has 2 N–H and O–H groups in total. The van der Waals surface area contributed by atoms with Crippen LogP contribution in [-0.2, 0) is 0 Å². The molecule has 27 heavy (non-hydrogen) atoms. The van der Waals surface area contributed by atoms with Gasteiger partial charge < -0.3 is 15.4 Å². The number of anilines is 3.